The van der Waals surface area contributed by atoms with Crippen LogP contribution in [-0.4, -0.2) is 42.3 Å². The van der Waals surface area contributed by atoms with Crippen LogP contribution in [0.15, 0.2) is 29.4 Å². The Morgan fingerprint density at radius 3 is 2.77 bits per heavy atom. The van der Waals surface area contributed by atoms with E-state index in [2.05, 4.69) is 10.0 Å². The molecule has 138 valence electrons. The molecule has 1 aromatic rings. The first-order valence-corrected chi connectivity index (χ1v) is 9.32. The van der Waals surface area contributed by atoms with Gasteiger partial charge in [-0.15, -0.1) is 0 Å². The Kier molecular flexibility index (Phi) is 4.78. The fourth-order valence-corrected chi connectivity index (χ4v) is 4.01. The lowest BCUT2D eigenvalue weighted by Crippen LogP contribution is -2.54. The average molecular weight is 355 g/mol. The van der Waals surface area contributed by atoms with Crippen LogP contribution < -0.4 is 10.6 Å². The Morgan fingerprint density at radius 1 is 1.31 bits per heavy atom. The molecule has 1 saturated heterocycles. The second-order valence-corrected chi connectivity index (χ2v) is 7.28. The third-order valence-electron chi connectivity index (χ3n) is 5.79. The molecule has 1 aliphatic carbocycles. The van der Waals surface area contributed by atoms with E-state index in [9.17, 15) is 4.79 Å². The average Bonchev–Trinajstić information content (AvgIpc) is 2.62. The van der Waals surface area contributed by atoms with E-state index < -0.39 is 5.79 Å². The molecule has 4 rings (SSSR count). The van der Waals surface area contributed by atoms with Crippen molar-refractivity contribution in [1.29, 1.82) is 0 Å². The Morgan fingerprint density at radius 2 is 2.12 bits per heavy atom. The van der Waals surface area contributed by atoms with Gasteiger partial charge >= 0.3 is 0 Å². The third-order valence-corrected chi connectivity index (χ3v) is 5.79. The van der Waals surface area contributed by atoms with Crippen LogP contribution in [0, 0.1) is 0 Å². The number of hydrogen-bond acceptors (Lipinski definition) is 6. The van der Waals surface area contributed by atoms with E-state index in [0.29, 0.717) is 12.2 Å². The van der Waals surface area contributed by atoms with Crippen molar-refractivity contribution >= 4 is 18.1 Å². The molecular formula is C20H25N3O3. The maximum atomic E-state index is 10.8. The molecule has 0 aromatic heterocycles. The van der Waals surface area contributed by atoms with Crippen LogP contribution in [-0.2, 0) is 16.1 Å². The zero-order chi connectivity index (χ0) is 18.0. The van der Waals surface area contributed by atoms with Crippen molar-refractivity contribution in [3.63, 3.8) is 0 Å². The van der Waals surface area contributed by atoms with Gasteiger partial charge < -0.3 is 15.3 Å². The first-order valence-electron chi connectivity index (χ1n) is 9.32. The highest BCUT2D eigenvalue weighted by molar-refractivity contribution is 6.13. The zero-order valence-corrected chi connectivity index (χ0v) is 14.9. The highest BCUT2D eigenvalue weighted by atomic mass is 16.7. The molecule has 0 atom stereocenters. The second-order valence-electron chi connectivity index (χ2n) is 7.28. The summed E-state index contributed by atoms with van der Waals surface area (Å²) in [5.74, 6) is 5.61. The lowest BCUT2D eigenvalue weighted by molar-refractivity contribution is -0.231. The topological polar surface area (TPSA) is 77.1 Å². The van der Waals surface area contributed by atoms with Gasteiger partial charge in [0.1, 0.15) is 12.0 Å². The number of piperidine rings is 1. The summed E-state index contributed by atoms with van der Waals surface area (Å²) in [6.07, 6.45) is 9.49. The van der Waals surface area contributed by atoms with Crippen LogP contribution in [0.25, 0.3) is 5.57 Å². The standard InChI is InChI=1S/C20H25N3O3/c21-22-13-16(6-11-24)15-4-5-19-17(12-15)14-25-20(26-19)7-9-23(10-8-20)18-2-1-3-18/h4-6,11-13,18H,1-3,7-10,14,21H2/b16-6+,22-13-. The Bertz CT molecular complexity index is 732. The normalized spacial score (nSPS) is 23.5. The summed E-state index contributed by atoms with van der Waals surface area (Å²) in [7, 11) is 0. The van der Waals surface area contributed by atoms with Crippen molar-refractivity contribution < 1.29 is 14.3 Å². The highest BCUT2D eigenvalue weighted by Gasteiger charge is 2.42. The molecule has 1 spiro atoms. The highest BCUT2D eigenvalue weighted by Crippen LogP contribution is 2.39. The molecule has 2 N–H and O–H groups in total. The van der Waals surface area contributed by atoms with Crippen molar-refractivity contribution in [2.45, 2.75) is 50.5 Å². The van der Waals surface area contributed by atoms with E-state index in [0.717, 1.165) is 55.1 Å². The number of hydrazone groups is 1. The van der Waals surface area contributed by atoms with Crippen molar-refractivity contribution in [3.05, 3.63) is 35.4 Å². The minimum Gasteiger partial charge on any atom is -0.462 e. The van der Waals surface area contributed by atoms with Gasteiger partial charge in [0.05, 0.1) is 12.8 Å². The van der Waals surface area contributed by atoms with Gasteiger partial charge in [0.25, 0.3) is 0 Å². The van der Waals surface area contributed by atoms with Gasteiger partial charge in [-0.05, 0) is 36.6 Å². The van der Waals surface area contributed by atoms with Crippen molar-refractivity contribution in [2.24, 2.45) is 10.9 Å². The van der Waals surface area contributed by atoms with Crippen LogP contribution in [0.5, 0.6) is 5.75 Å². The van der Waals surface area contributed by atoms with E-state index in [1.807, 2.05) is 18.2 Å². The predicted molar refractivity (Wildman–Crippen MR) is 99.8 cm³/mol. The van der Waals surface area contributed by atoms with Gasteiger partial charge in [0.15, 0.2) is 0 Å². The van der Waals surface area contributed by atoms with Gasteiger partial charge in [0.2, 0.25) is 5.79 Å². The van der Waals surface area contributed by atoms with E-state index in [1.165, 1.54) is 31.6 Å². The van der Waals surface area contributed by atoms with Crippen molar-refractivity contribution in [2.75, 3.05) is 13.1 Å². The monoisotopic (exact) mass is 355 g/mol. The summed E-state index contributed by atoms with van der Waals surface area (Å²) in [6.45, 7) is 2.59. The maximum Gasteiger partial charge on any atom is 0.213 e. The maximum absolute atomic E-state index is 10.8. The minimum absolute atomic E-state index is 0.491. The van der Waals surface area contributed by atoms with E-state index >= 15 is 0 Å². The molecule has 1 saturated carbocycles. The molecule has 0 radical (unpaired) electrons. The van der Waals surface area contributed by atoms with Crippen LogP contribution in [0.2, 0.25) is 0 Å². The molecule has 3 aliphatic rings. The second kappa shape index (κ2) is 7.21. The number of nitrogens with zero attached hydrogens (tertiary/aromatic N) is 2. The SMILES string of the molecule is N/N=C\C(=C/C=O)c1ccc2c(c1)COC1(CCN(C3CCC3)CC1)O2. The number of likely N-dealkylation sites (tertiary alicyclic amines) is 1. The molecule has 6 nitrogen and oxygen atoms in total. The van der Waals surface area contributed by atoms with Gasteiger partial charge in [-0.1, -0.05) is 12.5 Å². The molecule has 2 fully saturated rings. The van der Waals surface area contributed by atoms with Crippen LogP contribution >= 0.6 is 0 Å². The predicted octanol–water partition coefficient (Wildman–Crippen LogP) is 2.47. The molecule has 1 aromatic carbocycles. The molecular weight excluding hydrogens is 330 g/mol. The summed E-state index contributed by atoms with van der Waals surface area (Å²) in [6, 6.07) is 6.63. The first-order chi connectivity index (χ1) is 12.7. The van der Waals surface area contributed by atoms with Gasteiger partial charge in [0, 0.05) is 43.1 Å². The number of hydrogen-bond donors (Lipinski definition) is 1. The minimum atomic E-state index is -0.491. The number of allylic oxidation sites excluding steroid dienone is 2. The quantitative estimate of drug-likeness (QED) is 0.295. The molecule has 6 heteroatoms. The number of ether oxygens (including phenoxy) is 2. The fraction of sp³-hybridized carbons (Fsp3) is 0.500. The van der Waals surface area contributed by atoms with Gasteiger partial charge in [-0.3, -0.25) is 9.69 Å². The lowest BCUT2D eigenvalue weighted by Gasteiger charge is -2.47. The number of fused-ring (bicyclic) bond motifs is 1. The zero-order valence-electron chi connectivity index (χ0n) is 14.9. The summed E-state index contributed by atoms with van der Waals surface area (Å²) >= 11 is 0. The number of carbonyl (C=O) groups excluding carboxylic acids is 1. The van der Waals surface area contributed by atoms with Crippen LogP contribution in [0.3, 0.4) is 0 Å². The molecule has 0 unspecified atom stereocenters. The Balaban J connectivity index is 1.48. The summed E-state index contributed by atoms with van der Waals surface area (Å²) in [5, 5.41) is 3.53. The van der Waals surface area contributed by atoms with Crippen LogP contribution in [0.1, 0.15) is 43.2 Å². The van der Waals surface area contributed by atoms with Crippen LogP contribution in [0.4, 0.5) is 0 Å². The molecule has 2 aliphatic heterocycles. The smallest absolute Gasteiger partial charge is 0.213 e. The number of nitrogens with two attached hydrogens (primary N) is 1. The summed E-state index contributed by atoms with van der Waals surface area (Å²) < 4.78 is 12.5. The van der Waals surface area contributed by atoms with E-state index in [1.54, 1.807) is 0 Å². The van der Waals surface area contributed by atoms with Gasteiger partial charge in [-0.2, -0.15) is 5.10 Å². The summed E-state index contributed by atoms with van der Waals surface area (Å²) in [4.78, 5) is 13.4. The number of benzene rings is 1. The molecule has 2 heterocycles. The Labute approximate surface area is 153 Å². The van der Waals surface area contributed by atoms with Gasteiger partial charge in [-0.25, -0.2) is 0 Å². The number of carbonyl (C=O) groups is 1. The number of aldehydes is 1. The number of rotatable bonds is 4. The Hall–Kier alpha value is -2.18. The molecule has 0 amide bonds. The van der Waals surface area contributed by atoms with Crippen molar-refractivity contribution in [3.8, 4) is 5.75 Å². The lowest BCUT2D eigenvalue weighted by atomic mass is 9.89. The van der Waals surface area contributed by atoms with E-state index in [-0.39, 0.29) is 0 Å². The largest absolute Gasteiger partial charge is 0.462 e. The summed E-state index contributed by atoms with van der Waals surface area (Å²) in [5.41, 5.74) is 2.52. The molecule has 26 heavy (non-hydrogen) atoms. The first kappa shape index (κ1) is 17.2. The fourth-order valence-electron chi connectivity index (χ4n) is 4.01. The van der Waals surface area contributed by atoms with E-state index in [4.69, 9.17) is 15.3 Å². The third kappa shape index (κ3) is 3.27. The van der Waals surface area contributed by atoms with Crippen molar-refractivity contribution in [1.82, 2.24) is 4.90 Å². The molecule has 0 bridgehead atoms.